The van der Waals surface area contributed by atoms with E-state index in [1.807, 2.05) is 29.2 Å². The summed E-state index contributed by atoms with van der Waals surface area (Å²) >= 11 is 0. The first-order valence-electron chi connectivity index (χ1n) is 6.19. The van der Waals surface area contributed by atoms with E-state index in [1.165, 1.54) is 0 Å². The van der Waals surface area contributed by atoms with E-state index in [0.717, 1.165) is 36.5 Å². The first-order valence-corrected chi connectivity index (χ1v) is 6.19. The average molecular weight is 244 g/mol. The number of nitrogens with zero attached hydrogens (tertiary/aromatic N) is 2. The number of likely N-dealkylation sites (tertiary alicyclic amines) is 1. The molecule has 3 rings (SSSR count). The lowest BCUT2D eigenvalue weighted by molar-refractivity contribution is -0.127. The zero-order chi connectivity index (χ0) is 12.5. The van der Waals surface area contributed by atoms with E-state index in [2.05, 4.69) is 15.3 Å². The van der Waals surface area contributed by atoms with Crippen molar-refractivity contribution in [1.29, 1.82) is 0 Å². The van der Waals surface area contributed by atoms with Crippen LogP contribution < -0.4 is 5.32 Å². The largest absolute Gasteiger partial charge is 0.351 e. The van der Waals surface area contributed by atoms with Gasteiger partial charge in [-0.3, -0.25) is 4.79 Å². The molecule has 1 aromatic carbocycles. The van der Waals surface area contributed by atoms with E-state index in [4.69, 9.17) is 0 Å². The molecule has 5 heteroatoms. The van der Waals surface area contributed by atoms with Crippen molar-refractivity contribution < 1.29 is 4.79 Å². The Kier molecular flexibility index (Phi) is 2.66. The van der Waals surface area contributed by atoms with E-state index >= 15 is 0 Å². The van der Waals surface area contributed by atoms with Crippen LogP contribution in [-0.2, 0) is 4.79 Å². The maximum atomic E-state index is 11.3. The molecule has 2 heterocycles. The van der Waals surface area contributed by atoms with E-state index in [-0.39, 0.29) is 11.9 Å². The van der Waals surface area contributed by atoms with Crippen LogP contribution in [0.1, 0.15) is 13.3 Å². The van der Waals surface area contributed by atoms with Crippen molar-refractivity contribution in [1.82, 2.24) is 14.9 Å². The number of aromatic amines is 1. The maximum absolute atomic E-state index is 11.3. The number of nitrogens with one attached hydrogen (secondary N) is 2. The van der Waals surface area contributed by atoms with Crippen molar-refractivity contribution in [3.63, 3.8) is 0 Å². The van der Waals surface area contributed by atoms with Crippen LogP contribution >= 0.6 is 0 Å². The average Bonchev–Trinajstić information content (AvgIpc) is 2.94. The third kappa shape index (κ3) is 2.03. The highest BCUT2D eigenvalue weighted by molar-refractivity contribution is 5.77. The van der Waals surface area contributed by atoms with Crippen LogP contribution in [0.3, 0.4) is 0 Å². The second kappa shape index (κ2) is 4.33. The second-order valence-electron chi connectivity index (χ2n) is 4.70. The Morgan fingerprint density at radius 3 is 3.06 bits per heavy atom. The van der Waals surface area contributed by atoms with Gasteiger partial charge in [-0.15, -0.1) is 0 Å². The highest BCUT2D eigenvalue weighted by atomic mass is 16.2. The molecule has 0 spiro atoms. The molecule has 1 fully saturated rings. The molecule has 0 saturated carbocycles. The van der Waals surface area contributed by atoms with Crippen LogP contribution in [0, 0.1) is 0 Å². The van der Waals surface area contributed by atoms with Crippen LogP contribution in [0.5, 0.6) is 0 Å². The van der Waals surface area contributed by atoms with Gasteiger partial charge in [0, 0.05) is 26.1 Å². The van der Waals surface area contributed by atoms with Gasteiger partial charge in [0.05, 0.1) is 11.0 Å². The Morgan fingerprint density at radius 1 is 1.50 bits per heavy atom. The van der Waals surface area contributed by atoms with Gasteiger partial charge in [0.1, 0.15) is 0 Å². The molecule has 1 aliphatic heterocycles. The molecule has 1 atom stereocenters. The molecule has 2 aromatic rings. The summed E-state index contributed by atoms with van der Waals surface area (Å²) in [5.41, 5.74) is 1.99. The molecular formula is C13H16N4O. The van der Waals surface area contributed by atoms with Crippen molar-refractivity contribution in [2.45, 2.75) is 19.4 Å². The first-order chi connectivity index (χ1) is 8.72. The first kappa shape index (κ1) is 11.1. The standard InChI is InChI=1S/C13H16N4O/c1-9(18)17-7-6-10(8-17)14-13-15-11-4-2-3-5-12(11)16-13/h2-5,10H,6-8H2,1H3,(H2,14,15,16). The number of anilines is 1. The lowest BCUT2D eigenvalue weighted by Crippen LogP contribution is -2.29. The monoisotopic (exact) mass is 244 g/mol. The number of aromatic nitrogens is 2. The van der Waals surface area contributed by atoms with Gasteiger partial charge in [-0.2, -0.15) is 0 Å². The Morgan fingerprint density at radius 2 is 2.33 bits per heavy atom. The Bertz CT molecular complexity index is 544. The minimum Gasteiger partial charge on any atom is -0.351 e. The number of hydrogen-bond acceptors (Lipinski definition) is 3. The number of amides is 1. The summed E-state index contributed by atoms with van der Waals surface area (Å²) in [6.07, 6.45) is 0.969. The van der Waals surface area contributed by atoms with Crippen LogP contribution in [-0.4, -0.2) is 39.9 Å². The summed E-state index contributed by atoms with van der Waals surface area (Å²) in [6.45, 7) is 3.20. The smallest absolute Gasteiger partial charge is 0.219 e. The summed E-state index contributed by atoms with van der Waals surface area (Å²) in [4.78, 5) is 20.8. The van der Waals surface area contributed by atoms with Crippen molar-refractivity contribution in [2.75, 3.05) is 18.4 Å². The normalized spacial score (nSPS) is 19.4. The summed E-state index contributed by atoms with van der Waals surface area (Å²) in [6, 6.07) is 8.23. The van der Waals surface area contributed by atoms with Crippen molar-refractivity contribution in [3.8, 4) is 0 Å². The fourth-order valence-electron chi connectivity index (χ4n) is 2.38. The predicted molar refractivity (Wildman–Crippen MR) is 70.4 cm³/mol. The number of fused-ring (bicyclic) bond motifs is 1. The van der Waals surface area contributed by atoms with Crippen LogP contribution in [0.15, 0.2) is 24.3 Å². The number of carbonyl (C=O) groups excluding carboxylic acids is 1. The summed E-state index contributed by atoms with van der Waals surface area (Å²) in [5.74, 6) is 0.926. The molecule has 5 nitrogen and oxygen atoms in total. The number of para-hydroxylation sites is 2. The molecule has 0 bridgehead atoms. The summed E-state index contributed by atoms with van der Waals surface area (Å²) in [5, 5.41) is 3.35. The Hall–Kier alpha value is -2.04. The van der Waals surface area contributed by atoms with E-state index in [0.29, 0.717) is 0 Å². The molecule has 2 N–H and O–H groups in total. The zero-order valence-corrected chi connectivity index (χ0v) is 10.3. The van der Waals surface area contributed by atoms with Crippen LogP contribution in [0.25, 0.3) is 11.0 Å². The topological polar surface area (TPSA) is 61.0 Å². The maximum Gasteiger partial charge on any atom is 0.219 e. The molecule has 1 aromatic heterocycles. The second-order valence-corrected chi connectivity index (χ2v) is 4.70. The van der Waals surface area contributed by atoms with Crippen LogP contribution in [0.2, 0.25) is 0 Å². The highest BCUT2D eigenvalue weighted by Crippen LogP contribution is 2.17. The molecule has 1 saturated heterocycles. The molecule has 1 unspecified atom stereocenters. The third-order valence-corrected chi connectivity index (χ3v) is 3.36. The lowest BCUT2D eigenvalue weighted by atomic mass is 10.3. The third-order valence-electron chi connectivity index (χ3n) is 3.36. The molecule has 1 aliphatic rings. The highest BCUT2D eigenvalue weighted by Gasteiger charge is 2.24. The van der Waals surface area contributed by atoms with E-state index in [1.54, 1.807) is 6.92 Å². The number of benzene rings is 1. The predicted octanol–water partition coefficient (Wildman–Crippen LogP) is 1.60. The van der Waals surface area contributed by atoms with Crippen molar-refractivity contribution >= 4 is 22.9 Å². The van der Waals surface area contributed by atoms with Crippen molar-refractivity contribution in [3.05, 3.63) is 24.3 Å². The van der Waals surface area contributed by atoms with E-state index in [9.17, 15) is 4.79 Å². The van der Waals surface area contributed by atoms with Gasteiger partial charge in [0.2, 0.25) is 11.9 Å². The van der Waals surface area contributed by atoms with E-state index < -0.39 is 0 Å². The zero-order valence-electron chi connectivity index (χ0n) is 10.3. The fraction of sp³-hybridized carbons (Fsp3) is 0.385. The summed E-state index contributed by atoms with van der Waals surface area (Å²) < 4.78 is 0. The minimum absolute atomic E-state index is 0.143. The summed E-state index contributed by atoms with van der Waals surface area (Å²) in [7, 11) is 0. The van der Waals surface area contributed by atoms with Gasteiger partial charge in [0.25, 0.3) is 0 Å². The SMILES string of the molecule is CC(=O)N1CCC(Nc2nc3ccccc3[nH]2)C1. The lowest BCUT2D eigenvalue weighted by Gasteiger charge is -2.14. The number of hydrogen-bond donors (Lipinski definition) is 2. The molecule has 94 valence electrons. The molecule has 0 radical (unpaired) electrons. The van der Waals surface area contributed by atoms with Gasteiger partial charge in [-0.1, -0.05) is 12.1 Å². The number of carbonyl (C=O) groups is 1. The number of rotatable bonds is 2. The Labute approximate surface area is 105 Å². The van der Waals surface area contributed by atoms with Crippen LogP contribution in [0.4, 0.5) is 5.95 Å². The molecule has 18 heavy (non-hydrogen) atoms. The molecule has 0 aliphatic carbocycles. The number of H-pyrrole nitrogens is 1. The minimum atomic E-state index is 0.143. The van der Waals surface area contributed by atoms with Gasteiger partial charge >= 0.3 is 0 Å². The van der Waals surface area contributed by atoms with Gasteiger partial charge in [0.15, 0.2) is 0 Å². The number of imidazole rings is 1. The molecule has 1 amide bonds. The van der Waals surface area contributed by atoms with Gasteiger partial charge in [-0.05, 0) is 18.6 Å². The molecular weight excluding hydrogens is 228 g/mol. The Balaban J connectivity index is 1.71. The quantitative estimate of drug-likeness (QED) is 0.843. The van der Waals surface area contributed by atoms with Crippen molar-refractivity contribution in [2.24, 2.45) is 0 Å². The van der Waals surface area contributed by atoms with Gasteiger partial charge in [-0.25, -0.2) is 4.98 Å². The van der Waals surface area contributed by atoms with Gasteiger partial charge < -0.3 is 15.2 Å². The fourth-order valence-corrected chi connectivity index (χ4v) is 2.38.